The first-order chi connectivity index (χ1) is 8.97. The summed E-state index contributed by atoms with van der Waals surface area (Å²) >= 11 is 9.67. The maximum Gasteiger partial charge on any atom is 0.256 e. The molecule has 2 rings (SSSR count). The zero-order chi connectivity index (χ0) is 14.0. The van der Waals surface area contributed by atoms with E-state index in [1.807, 2.05) is 6.07 Å². The number of halogens is 4. The number of hydrogen-bond acceptors (Lipinski definition) is 1. The molecule has 0 aliphatic carbocycles. The molecule has 0 saturated heterocycles. The summed E-state index contributed by atoms with van der Waals surface area (Å²) < 4.78 is 15.2. The van der Waals surface area contributed by atoms with E-state index >= 15 is 0 Å². The zero-order valence-corrected chi connectivity index (χ0v) is 14.1. The molecule has 0 atom stereocenters. The number of anilines is 1. The van der Waals surface area contributed by atoms with Crippen molar-refractivity contribution in [3.63, 3.8) is 0 Å². The number of benzene rings is 2. The molecule has 0 aromatic heterocycles. The second-order valence-corrected chi connectivity index (χ2v) is 6.33. The molecule has 0 radical (unpaired) electrons. The minimum atomic E-state index is -0.425. The van der Waals surface area contributed by atoms with Gasteiger partial charge in [0.05, 0.1) is 10.0 Å². The molecule has 0 saturated carbocycles. The van der Waals surface area contributed by atoms with Crippen molar-refractivity contribution in [3.05, 3.63) is 61.2 Å². The van der Waals surface area contributed by atoms with Crippen LogP contribution in [0.15, 0.2) is 49.8 Å². The summed E-state index contributed by atoms with van der Waals surface area (Å²) in [5.41, 5.74) is 0.871. The van der Waals surface area contributed by atoms with Crippen LogP contribution in [0.5, 0.6) is 0 Å². The smallest absolute Gasteiger partial charge is 0.256 e. The van der Waals surface area contributed by atoms with E-state index in [1.54, 1.807) is 24.3 Å². The fourth-order valence-corrected chi connectivity index (χ4v) is 2.48. The zero-order valence-electron chi connectivity index (χ0n) is 9.38. The molecule has 2 aromatic carbocycles. The van der Waals surface area contributed by atoms with Crippen molar-refractivity contribution < 1.29 is 9.18 Å². The quantitative estimate of drug-likeness (QED) is 0.653. The lowest BCUT2D eigenvalue weighted by Gasteiger charge is -2.08. The van der Waals surface area contributed by atoms with Crippen LogP contribution in [0.1, 0.15) is 10.4 Å². The van der Waals surface area contributed by atoms with Crippen molar-refractivity contribution in [2.75, 3.05) is 5.32 Å². The molecule has 1 amide bonds. The average Bonchev–Trinajstić information content (AvgIpc) is 2.36. The number of amides is 1. The average molecular weight is 452 g/mol. The minimum Gasteiger partial charge on any atom is -0.322 e. The molecule has 0 aliphatic rings. The van der Waals surface area contributed by atoms with Crippen LogP contribution in [-0.4, -0.2) is 5.91 Å². The Morgan fingerprint density at radius 2 is 1.68 bits per heavy atom. The normalized spacial score (nSPS) is 10.3. The van der Waals surface area contributed by atoms with Crippen LogP contribution in [0.25, 0.3) is 0 Å². The van der Waals surface area contributed by atoms with Crippen LogP contribution in [0.3, 0.4) is 0 Å². The third-order valence-electron chi connectivity index (χ3n) is 2.35. The third kappa shape index (κ3) is 3.64. The molecule has 1 N–H and O–H groups in total. The highest BCUT2D eigenvalue weighted by Crippen LogP contribution is 2.24. The first kappa shape index (κ1) is 14.7. The van der Waals surface area contributed by atoms with Crippen LogP contribution in [0.4, 0.5) is 10.1 Å². The summed E-state index contributed by atoms with van der Waals surface area (Å²) in [4.78, 5) is 12.1. The molecule has 0 unspecified atom stereocenters. The first-order valence-corrected chi connectivity index (χ1v) is 7.57. The number of rotatable bonds is 2. The van der Waals surface area contributed by atoms with Crippen molar-refractivity contribution in [3.8, 4) is 0 Å². The maximum absolute atomic E-state index is 13.4. The summed E-state index contributed by atoms with van der Waals surface area (Å²) in [6.45, 7) is 0. The van der Waals surface area contributed by atoms with E-state index in [9.17, 15) is 9.18 Å². The van der Waals surface area contributed by atoms with E-state index in [1.165, 1.54) is 6.07 Å². The molecule has 6 heteroatoms. The Morgan fingerprint density at radius 3 is 2.37 bits per heavy atom. The Morgan fingerprint density at radius 1 is 1.00 bits per heavy atom. The second-order valence-electron chi connectivity index (χ2n) is 3.71. The Kier molecular flexibility index (Phi) is 4.76. The van der Waals surface area contributed by atoms with E-state index < -0.39 is 5.82 Å². The summed E-state index contributed by atoms with van der Waals surface area (Å²) in [6.07, 6.45) is 0. The highest BCUT2D eigenvalue weighted by Gasteiger charge is 2.11. The van der Waals surface area contributed by atoms with Gasteiger partial charge < -0.3 is 5.32 Å². The van der Waals surface area contributed by atoms with Gasteiger partial charge in [0.15, 0.2) is 0 Å². The van der Waals surface area contributed by atoms with Crippen LogP contribution >= 0.6 is 47.8 Å². The Balaban J connectivity index is 2.25. The molecule has 0 fully saturated rings. The van der Waals surface area contributed by atoms with Gasteiger partial charge in [-0.15, -0.1) is 0 Å². The van der Waals surface area contributed by atoms with E-state index in [-0.39, 0.29) is 5.91 Å². The van der Waals surface area contributed by atoms with Crippen molar-refractivity contribution in [1.82, 2.24) is 0 Å². The standard InChI is InChI=1S/C13H7Br3FNO/c14-7-1-3-10(15)9(5-7)13(19)18-8-2-4-11(16)12(17)6-8/h1-6H,(H,18,19). The fourth-order valence-electron chi connectivity index (χ4n) is 1.44. The molecular formula is C13H7Br3FNO. The molecule has 19 heavy (non-hydrogen) atoms. The minimum absolute atomic E-state index is 0.310. The Hall–Kier alpha value is -0.720. The highest BCUT2D eigenvalue weighted by molar-refractivity contribution is 9.11. The van der Waals surface area contributed by atoms with Crippen molar-refractivity contribution >= 4 is 59.4 Å². The highest BCUT2D eigenvalue weighted by atomic mass is 79.9. The van der Waals surface area contributed by atoms with Gasteiger partial charge in [0, 0.05) is 14.6 Å². The Labute approximate surface area is 134 Å². The van der Waals surface area contributed by atoms with Gasteiger partial charge in [-0.1, -0.05) is 15.9 Å². The predicted octanol–water partition coefficient (Wildman–Crippen LogP) is 5.37. The second kappa shape index (κ2) is 6.15. The number of hydrogen-bond donors (Lipinski definition) is 1. The van der Waals surface area contributed by atoms with Crippen LogP contribution < -0.4 is 5.32 Å². The molecule has 0 heterocycles. The SMILES string of the molecule is O=C(Nc1ccc(Br)c(F)c1)c1cc(Br)ccc1Br. The lowest BCUT2D eigenvalue weighted by Crippen LogP contribution is -2.12. The van der Waals surface area contributed by atoms with Crippen molar-refractivity contribution in [2.45, 2.75) is 0 Å². The van der Waals surface area contributed by atoms with Gasteiger partial charge in [-0.25, -0.2) is 4.39 Å². The topological polar surface area (TPSA) is 29.1 Å². The first-order valence-electron chi connectivity index (χ1n) is 5.19. The summed E-state index contributed by atoms with van der Waals surface area (Å²) in [7, 11) is 0. The van der Waals surface area contributed by atoms with Gasteiger partial charge >= 0.3 is 0 Å². The van der Waals surface area contributed by atoms with Gasteiger partial charge in [-0.3, -0.25) is 4.79 Å². The van der Waals surface area contributed by atoms with Gasteiger partial charge in [-0.05, 0) is 68.3 Å². The lowest BCUT2D eigenvalue weighted by molar-refractivity contribution is 0.102. The molecule has 0 bridgehead atoms. The number of carbonyl (C=O) groups is 1. The summed E-state index contributed by atoms with van der Waals surface area (Å²) in [5, 5.41) is 2.64. The monoisotopic (exact) mass is 449 g/mol. The number of nitrogens with one attached hydrogen (secondary N) is 1. The largest absolute Gasteiger partial charge is 0.322 e. The van der Waals surface area contributed by atoms with Gasteiger partial charge in [0.2, 0.25) is 0 Å². The number of carbonyl (C=O) groups excluding carboxylic acids is 1. The predicted molar refractivity (Wildman–Crippen MR) is 83.9 cm³/mol. The van der Waals surface area contributed by atoms with E-state index in [0.717, 1.165) is 4.47 Å². The van der Waals surface area contributed by atoms with Crippen LogP contribution in [0.2, 0.25) is 0 Å². The molecule has 0 spiro atoms. The summed E-state index contributed by atoms with van der Waals surface area (Å²) in [5.74, 6) is -0.735. The van der Waals surface area contributed by atoms with Crippen molar-refractivity contribution in [2.24, 2.45) is 0 Å². The van der Waals surface area contributed by atoms with Gasteiger partial charge in [-0.2, -0.15) is 0 Å². The molecule has 2 nitrogen and oxygen atoms in total. The molecule has 98 valence electrons. The van der Waals surface area contributed by atoms with E-state index in [0.29, 0.717) is 20.2 Å². The van der Waals surface area contributed by atoms with E-state index in [2.05, 4.69) is 53.1 Å². The van der Waals surface area contributed by atoms with E-state index in [4.69, 9.17) is 0 Å². The summed E-state index contributed by atoms with van der Waals surface area (Å²) in [6, 6.07) is 9.70. The van der Waals surface area contributed by atoms with Crippen LogP contribution in [-0.2, 0) is 0 Å². The molecular weight excluding hydrogens is 445 g/mol. The van der Waals surface area contributed by atoms with Crippen LogP contribution in [0, 0.1) is 5.82 Å². The maximum atomic E-state index is 13.4. The molecule has 0 aliphatic heterocycles. The van der Waals surface area contributed by atoms with Crippen molar-refractivity contribution in [1.29, 1.82) is 0 Å². The lowest BCUT2D eigenvalue weighted by atomic mass is 10.2. The third-order valence-corrected chi connectivity index (χ3v) is 4.18. The molecule has 2 aromatic rings. The Bertz CT molecular complexity index is 646. The fraction of sp³-hybridized carbons (Fsp3) is 0. The van der Waals surface area contributed by atoms with Gasteiger partial charge in [0.1, 0.15) is 5.82 Å². The van der Waals surface area contributed by atoms with Gasteiger partial charge in [0.25, 0.3) is 5.91 Å².